The molecule has 1 unspecified atom stereocenters. The molecule has 0 spiro atoms. The molecule has 3 rings (SSSR count). The summed E-state index contributed by atoms with van der Waals surface area (Å²) in [5.41, 5.74) is -0.244. The van der Waals surface area contributed by atoms with Crippen LogP contribution in [0, 0.1) is 0 Å². The Bertz CT molecular complexity index is 818. The van der Waals surface area contributed by atoms with E-state index in [1.54, 1.807) is 43.3 Å². The van der Waals surface area contributed by atoms with Crippen LogP contribution in [0.15, 0.2) is 36.4 Å². The Kier molecular flexibility index (Phi) is 4.90. The summed E-state index contributed by atoms with van der Waals surface area (Å²) in [5.74, 6) is 1.89. The van der Waals surface area contributed by atoms with Gasteiger partial charge in [-0.1, -0.05) is 6.07 Å². The first kappa shape index (κ1) is 17.9. The molecule has 0 bridgehead atoms. The first-order valence-corrected chi connectivity index (χ1v) is 8.07. The van der Waals surface area contributed by atoms with Gasteiger partial charge in [-0.05, 0) is 42.8 Å². The van der Waals surface area contributed by atoms with Crippen molar-refractivity contribution in [2.24, 2.45) is 0 Å². The molecule has 0 aliphatic carbocycles. The summed E-state index contributed by atoms with van der Waals surface area (Å²) in [5, 5.41) is 13.5. The summed E-state index contributed by atoms with van der Waals surface area (Å²) in [6.45, 7) is 1.82. The first-order valence-electron chi connectivity index (χ1n) is 8.07. The summed E-state index contributed by atoms with van der Waals surface area (Å²) >= 11 is 0. The van der Waals surface area contributed by atoms with Crippen LogP contribution in [-0.4, -0.2) is 38.6 Å². The van der Waals surface area contributed by atoms with E-state index in [9.17, 15) is 9.90 Å². The van der Waals surface area contributed by atoms with Crippen LogP contribution in [0.3, 0.4) is 0 Å². The van der Waals surface area contributed by atoms with Gasteiger partial charge in [-0.15, -0.1) is 0 Å². The van der Waals surface area contributed by atoms with Gasteiger partial charge in [0.2, 0.25) is 6.79 Å². The third-order valence-corrected chi connectivity index (χ3v) is 4.23. The molecule has 0 fully saturated rings. The van der Waals surface area contributed by atoms with Crippen molar-refractivity contribution in [3.63, 3.8) is 0 Å². The standard InChI is InChI=1S/C19H21NO6/c1-19(22,13-5-7-15-17(9-13)26-11-25-15)10-20-18(21)12-4-6-14(23-2)16(8-12)24-3/h4-9,22H,10-11H2,1-3H3,(H,20,21). The van der Waals surface area contributed by atoms with Crippen LogP contribution in [0.1, 0.15) is 22.8 Å². The van der Waals surface area contributed by atoms with Crippen LogP contribution in [0.4, 0.5) is 0 Å². The lowest BCUT2D eigenvalue weighted by molar-refractivity contribution is 0.0524. The molecular formula is C19H21NO6. The smallest absolute Gasteiger partial charge is 0.251 e. The minimum atomic E-state index is -1.27. The second kappa shape index (κ2) is 7.13. The highest BCUT2D eigenvalue weighted by atomic mass is 16.7. The van der Waals surface area contributed by atoms with Gasteiger partial charge in [-0.3, -0.25) is 4.79 Å². The topological polar surface area (TPSA) is 86.3 Å². The number of carbonyl (C=O) groups excluding carboxylic acids is 1. The van der Waals surface area contributed by atoms with Crippen LogP contribution in [0.5, 0.6) is 23.0 Å². The Morgan fingerprint density at radius 3 is 2.58 bits per heavy atom. The number of rotatable bonds is 6. The van der Waals surface area contributed by atoms with Crippen LogP contribution in [-0.2, 0) is 5.60 Å². The number of fused-ring (bicyclic) bond motifs is 1. The molecule has 1 heterocycles. The van der Waals surface area contributed by atoms with Crippen LogP contribution in [0.2, 0.25) is 0 Å². The van der Waals surface area contributed by atoms with E-state index in [1.807, 2.05) is 0 Å². The van der Waals surface area contributed by atoms with Crippen molar-refractivity contribution in [1.29, 1.82) is 0 Å². The zero-order valence-corrected chi connectivity index (χ0v) is 14.9. The maximum absolute atomic E-state index is 12.4. The second-order valence-corrected chi connectivity index (χ2v) is 6.09. The maximum atomic E-state index is 12.4. The number of hydrogen-bond acceptors (Lipinski definition) is 6. The molecule has 0 radical (unpaired) electrons. The van der Waals surface area contributed by atoms with Gasteiger partial charge >= 0.3 is 0 Å². The van der Waals surface area contributed by atoms with Gasteiger partial charge in [0, 0.05) is 5.56 Å². The summed E-state index contributed by atoms with van der Waals surface area (Å²) < 4.78 is 21.0. The second-order valence-electron chi connectivity index (χ2n) is 6.09. The minimum absolute atomic E-state index is 0.0276. The number of benzene rings is 2. The van der Waals surface area contributed by atoms with Crippen molar-refractivity contribution in [2.75, 3.05) is 27.6 Å². The Morgan fingerprint density at radius 1 is 1.12 bits per heavy atom. The lowest BCUT2D eigenvalue weighted by Gasteiger charge is -2.24. The molecule has 2 N–H and O–H groups in total. The molecule has 138 valence electrons. The van der Waals surface area contributed by atoms with Crippen molar-refractivity contribution in [1.82, 2.24) is 5.32 Å². The fourth-order valence-electron chi connectivity index (χ4n) is 2.67. The van der Waals surface area contributed by atoms with Gasteiger partial charge in [0.1, 0.15) is 5.60 Å². The van der Waals surface area contributed by atoms with E-state index >= 15 is 0 Å². The van der Waals surface area contributed by atoms with Gasteiger partial charge in [0.05, 0.1) is 20.8 Å². The summed E-state index contributed by atoms with van der Waals surface area (Å²) in [4.78, 5) is 12.4. The zero-order chi connectivity index (χ0) is 18.7. The van der Waals surface area contributed by atoms with Gasteiger partial charge in [0.15, 0.2) is 23.0 Å². The van der Waals surface area contributed by atoms with Crippen LogP contribution < -0.4 is 24.3 Å². The molecule has 0 saturated carbocycles. The number of amides is 1. The molecule has 1 aliphatic rings. The number of hydrogen-bond donors (Lipinski definition) is 2. The van der Waals surface area contributed by atoms with Gasteiger partial charge in [-0.2, -0.15) is 0 Å². The SMILES string of the molecule is COc1ccc(C(=O)NCC(C)(O)c2ccc3c(c2)OCO3)cc1OC. The lowest BCUT2D eigenvalue weighted by Crippen LogP contribution is -2.38. The number of carbonyl (C=O) groups is 1. The fraction of sp³-hybridized carbons (Fsp3) is 0.316. The monoisotopic (exact) mass is 359 g/mol. The van der Waals surface area contributed by atoms with E-state index in [-0.39, 0.29) is 19.2 Å². The molecule has 0 aromatic heterocycles. The number of ether oxygens (including phenoxy) is 4. The lowest BCUT2D eigenvalue weighted by atomic mass is 9.95. The average molecular weight is 359 g/mol. The molecule has 2 aromatic rings. The highest BCUT2D eigenvalue weighted by Crippen LogP contribution is 2.35. The highest BCUT2D eigenvalue weighted by molar-refractivity contribution is 5.94. The fourth-order valence-corrected chi connectivity index (χ4v) is 2.67. The number of nitrogens with one attached hydrogen (secondary N) is 1. The van der Waals surface area contributed by atoms with Crippen molar-refractivity contribution >= 4 is 5.91 Å². The van der Waals surface area contributed by atoms with Crippen molar-refractivity contribution in [3.8, 4) is 23.0 Å². The quantitative estimate of drug-likeness (QED) is 0.821. The largest absolute Gasteiger partial charge is 0.493 e. The van der Waals surface area contributed by atoms with Gasteiger partial charge < -0.3 is 29.4 Å². The van der Waals surface area contributed by atoms with Crippen LogP contribution >= 0.6 is 0 Å². The van der Waals surface area contributed by atoms with E-state index in [2.05, 4.69) is 5.32 Å². The minimum Gasteiger partial charge on any atom is -0.493 e. The number of methoxy groups -OCH3 is 2. The van der Waals surface area contributed by atoms with Crippen molar-refractivity contribution in [2.45, 2.75) is 12.5 Å². The van der Waals surface area contributed by atoms with E-state index in [0.29, 0.717) is 34.1 Å². The van der Waals surface area contributed by atoms with Gasteiger partial charge in [-0.25, -0.2) is 0 Å². The molecule has 7 nitrogen and oxygen atoms in total. The Hall–Kier alpha value is -2.93. The molecule has 7 heteroatoms. The third-order valence-electron chi connectivity index (χ3n) is 4.23. The van der Waals surface area contributed by atoms with E-state index in [1.165, 1.54) is 14.2 Å². The summed E-state index contributed by atoms with van der Waals surface area (Å²) in [6, 6.07) is 10.1. The van der Waals surface area contributed by atoms with E-state index in [4.69, 9.17) is 18.9 Å². The third kappa shape index (κ3) is 3.52. The zero-order valence-electron chi connectivity index (χ0n) is 14.9. The molecule has 1 aliphatic heterocycles. The Balaban J connectivity index is 1.70. The number of aliphatic hydroxyl groups is 1. The van der Waals surface area contributed by atoms with E-state index in [0.717, 1.165) is 0 Å². The maximum Gasteiger partial charge on any atom is 0.251 e. The molecular weight excluding hydrogens is 338 g/mol. The Morgan fingerprint density at radius 2 is 1.85 bits per heavy atom. The molecule has 1 atom stereocenters. The predicted molar refractivity (Wildman–Crippen MR) is 94.0 cm³/mol. The highest BCUT2D eigenvalue weighted by Gasteiger charge is 2.27. The van der Waals surface area contributed by atoms with Crippen molar-refractivity contribution in [3.05, 3.63) is 47.5 Å². The summed E-state index contributed by atoms with van der Waals surface area (Å²) in [7, 11) is 3.03. The predicted octanol–water partition coefficient (Wildman–Crippen LogP) is 2.07. The van der Waals surface area contributed by atoms with E-state index < -0.39 is 5.60 Å². The summed E-state index contributed by atoms with van der Waals surface area (Å²) in [6.07, 6.45) is 0. The average Bonchev–Trinajstić information content (AvgIpc) is 3.13. The van der Waals surface area contributed by atoms with Crippen molar-refractivity contribution < 1.29 is 28.8 Å². The van der Waals surface area contributed by atoms with Gasteiger partial charge in [0.25, 0.3) is 5.91 Å². The molecule has 0 saturated heterocycles. The first-order chi connectivity index (χ1) is 12.4. The molecule has 1 amide bonds. The Labute approximate surface area is 151 Å². The normalized spacial score (nSPS) is 14.5. The molecule has 2 aromatic carbocycles. The molecule has 26 heavy (non-hydrogen) atoms. The van der Waals surface area contributed by atoms with Crippen LogP contribution in [0.25, 0.3) is 0 Å².